The van der Waals surface area contributed by atoms with E-state index in [2.05, 4.69) is 5.32 Å². The highest BCUT2D eigenvalue weighted by atomic mass is 16.3. The van der Waals surface area contributed by atoms with E-state index in [4.69, 9.17) is 10.2 Å². The summed E-state index contributed by atoms with van der Waals surface area (Å²) in [4.78, 5) is 11.8. The summed E-state index contributed by atoms with van der Waals surface area (Å²) in [5.74, 6) is 0.995. The maximum absolute atomic E-state index is 11.8. The molecular weight excluding hydrogens is 216 g/mol. The zero-order valence-corrected chi connectivity index (χ0v) is 10.3. The van der Waals surface area contributed by atoms with Crippen molar-refractivity contribution >= 4 is 5.91 Å². The summed E-state index contributed by atoms with van der Waals surface area (Å²) >= 11 is 0. The lowest BCUT2D eigenvalue weighted by molar-refractivity contribution is 0.0903. The number of rotatable bonds is 4. The molecule has 0 unspecified atom stereocenters. The Morgan fingerprint density at radius 1 is 1.47 bits per heavy atom. The Balaban J connectivity index is 1.91. The number of furan rings is 1. The minimum atomic E-state index is -0.141. The lowest BCUT2D eigenvalue weighted by Crippen LogP contribution is -2.40. The molecule has 1 aliphatic carbocycles. The Morgan fingerprint density at radius 2 is 2.18 bits per heavy atom. The maximum Gasteiger partial charge on any atom is 0.287 e. The fourth-order valence-corrected chi connectivity index (χ4v) is 2.49. The maximum atomic E-state index is 11.8. The molecule has 3 N–H and O–H groups in total. The smallest absolute Gasteiger partial charge is 0.287 e. The Morgan fingerprint density at radius 3 is 2.71 bits per heavy atom. The first-order valence-electron chi connectivity index (χ1n) is 6.20. The number of carbonyl (C=O) groups is 1. The predicted octanol–water partition coefficient (Wildman–Crippen LogP) is 1.84. The molecule has 4 nitrogen and oxygen atoms in total. The van der Waals surface area contributed by atoms with Gasteiger partial charge in [-0.25, -0.2) is 0 Å². The summed E-state index contributed by atoms with van der Waals surface area (Å²) in [6.07, 6.45) is 4.65. The predicted molar refractivity (Wildman–Crippen MR) is 65.7 cm³/mol. The number of hydrogen-bond donors (Lipinski definition) is 2. The number of carbonyl (C=O) groups excluding carboxylic acids is 1. The summed E-state index contributed by atoms with van der Waals surface area (Å²) < 4.78 is 5.28. The molecule has 1 fully saturated rings. The number of nitrogens with one attached hydrogen (secondary N) is 1. The van der Waals surface area contributed by atoms with Crippen molar-refractivity contribution in [3.63, 3.8) is 0 Å². The molecule has 0 radical (unpaired) electrons. The molecule has 2 rings (SSSR count). The second-order valence-electron chi connectivity index (χ2n) is 5.00. The van der Waals surface area contributed by atoms with E-state index in [0.717, 1.165) is 18.6 Å². The van der Waals surface area contributed by atoms with Gasteiger partial charge in [-0.15, -0.1) is 0 Å². The van der Waals surface area contributed by atoms with Gasteiger partial charge in [0.05, 0.1) is 0 Å². The van der Waals surface area contributed by atoms with Crippen molar-refractivity contribution < 1.29 is 9.21 Å². The van der Waals surface area contributed by atoms with Crippen LogP contribution in [0.5, 0.6) is 0 Å². The molecule has 0 spiro atoms. The monoisotopic (exact) mass is 236 g/mol. The second-order valence-corrected chi connectivity index (χ2v) is 5.00. The molecular formula is C13H20N2O2. The highest BCUT2D eigenvalue weighted by Gasteiger charge is 2.32. The normalized spacial score (nSPS) is 18.2. The van der Waals surface area contributed by atoms with Crippen LogP contribution in [0.15, 0.2) is 16.5 Å². The molecule has 1 aliphatic rings. The van der Waals surface area contributed by atoms with E-state index in [1.165, 1.54) is 12.8 Å². The topological polar surface area (TPSA) is 68.3 Å². The van der Waals surface area contributed by atoms with Crippen LogP contribution in [0, 0.1) is 12.3 Å². The van der Waals surface area contributed by atoms with Crippen molar-refractivity contribution in [3.8, 4) is 0 Å². The quantitative estimate of drug-likeness (QED) is 0.838. The minimum Gasteiger partial charge on any atom is -0.456 e. The summed E-state index contributed by atoms with van der Waals surface area (Å²) in [5.41, 5.74) is 5.93. The van der Waals surface area contributed by atoms with Crippen LogP contribution in [0.25, 0.3) is 0 Å². The van der Waals surface area contributed by atoms with E-state index in [0.29, 0.717) is 18.8 Å². The summed E-state index contributed by atoms with van der Waals surface area (Å²) in [6, 6.07) is 3.50. The zero-order valence-electron chi connectivity index (χ0n) is 10.3. The van der Waals surface area contributed by atoms with E-state index in [1.807, 2.05) is 6.92 Å². The summed E-state index contributed by atoms with van der Waals surface area (Å²) in [6.45, 7) is 3.13. The average Bonchev–Trinajstić information content (AvgIpc) is 2.95. The van der Waals surface area contributed by atoms with Crippen LogP contribution in [0.4, 0.5) is 0 Å². The van der Waals surface area contributed by atoms with Gasteiger partial charge in [0, 0.05) is 6.54 Å². The molecule has 17 heavy (non-hydrogen) atoms. The first-order chi connectivity index (χ1) is 8.15. The van der Waals surface area contributed by atoms with Crippen LogP contribution in [0.1, 0.15) is 42.0 Å². The van der Waals surface area contributed by atoms with Gasteiger partial charge in [0.1, 0.15) is 5.76 Å². The van der Waals surface area contributed by atoms with Gasteiger partial charge < -0.3 is 15.5 Å². The SMILES string of the molecule is Cc1ccc(C(=O)NCC2(CN)CCCC2)o1. The molecule has 4 heteroatoms. The van der Waals surface area contributed by atoms with Crippen molar-refractivity contribution in [1.82, 2.24) is 5.32 Å². The summed E-state index contributed by atoms with van der Waals surface area (Å²) in [5, 5.41) is 2.93. The molecule has 1 aromatic rings. The lowest BCUT2D eigenvalue weighted by atomic mass is 9.86. The highest BCUT2D eigenvalue weighted by Crippen LogP contribution is 2.36. The van der Waals surface area contributed by atoms with Crippen molar-refractivity contribution in [3.05, 3.63) is 23.7 Å². The van der Waals surface area contributed by atoms with E-state index in [-0.39, 0.29) is 11.3 Å². The van der Waals surface area contributed by atoms with Gasteiger partial charge in [-0.3, -0.25) is 4.79 Å². The minimum absolute atomic E-state index is 0.108. The van der Waals surface area contributed by atoms with Gasteiger partial charge in [-0.1, -0.05) is 12.8 Å². The number of nitrogens with two attached hydrogens (primary N) is 1. The zero-order chi connectivity index (χ0) is 12.3. The molecule has 0 aliphatic heterocycles. The summed E-state index contributed by atoms with van der Waals surface area (Å²) in [7, 11) is 0. The van der Waals surface area contributed by atoms with Gasteiger partial charge in [0.15, 0.2) is 5.76 Å². The fraction of sp³-hybridized carbons (Fsp3) is 0.615. The fourth-order valence-electron chi connectivity index (χ4n) is 2.49. The molecule has 94 valence electrons. The largest absolute Gasteiger partial charge is 0.456 e. The van der Waals surface area contributed by atoms with Gasteiger partial charge >= 0.3 is 0 Å². The van der Waals surface area contributed by atoms with Gasteiger partial charge in [0.2, 0.25) is 0 Å². The molecule has 0 bridgehead atoms. The Labute approximate surface area is 102 Å². The van der Waals surface area contributed by atoms with Crippen molar-refractivity contribution in [2.45, 2.75) is 32.6 Å². The third-order valence-corrected chi connectivity index (χ3v) is 3.69. The molecule has 0 atom stereocenters. The molecule has 1 aromatic heterocycles. The number of hydrogen-bond acceptors (Lipinski definition) is 3. The van der Waals surface area contributed by atoms with Crippen LogP contribution in [0.3, 0.4) is 0 Å². The van der Waals surface area contributed by atoms with Crippen LogP contribution in [0.2, 0.25) is 0 Å². The third kappa shape index (κ3) is 2.69. The highest BCUT2D eigenvalue weighted by molar-refractivity contribution is 5.91. The van der Waals surface area contributed by atoms with Crippen molar-refractivity contribution in [1.29, 1.82) is 0 Å². The van der Waals surface area contributed by atoms with Gasteiger partial charge in [0.25, 0.3) is 5.91 Å². The number of aryl methyl sites for hydroxylation is 1. The van der Waals surface area contributed by atoms with Gasteiger partial charge in [-0.2, -0.15) is 0 Å². The van der Waals surface area contributed by atoms with Crippen LogP contribution >= 0.6 is 0 Å². The third-order valence-electron chi connectivity index (χ3n) is 3.69. The lowest BCUT2D eigenvalue weighted by Gasteiger charge is -2.27. The Hall–Kier alpha value is -1.29. The molecule has 0 aromatic carbocycles. The molecule has 1 saturated carbocycles. The second kappa shape index (κ2) is 4.92. The van der Waals surface area contributed by atoms with E-state index in [9.17, 15) is 4.79 Å². The van der Waals surface area contributed by atoms with Crippen LogP contribution < -0.4 is 11.1 Å². The number of amides is 1. The van der Waals surface area contributed by atoms with E-state index >= 15 is 0 Å². The average molecular weight is 236 g/mol. The van der Waals surface area contributed by atoms with Crippen molar-refractivity contribution in [2.75, 3.05) is 13.1 Å². The first kappa shape index (κ1) is 12.2. The van der Waals surface area contributed by atoms with Crippen LogP contribution in [-0.2, 0) is 0 Å². The van der Waals surface area contributed by atoms with Gasteiger partial charge in [-0.05, 0) is 43.9 Å². The molecule has 1 heterocycles. The molecule has 1 amide bonds. The van der Waals surface area contributed by atoms with Crippen molar-refractivity contribution in [2.24, 2.45) is 11.1 Å². The Kier molecular flexibility index (Phi) is 3.52. The van der Waals surface area contributed by atoms with Crippen LogP contribution in [-0.4, -0.2) is 19.0 Å². The van der Waals surface area contributed by atoms with E-state index in [1.54, 1.807) is 12.1 Å². The first-order valence-corrected chi connectivity index (χ1v) is 6.20. The molecule has 0 saturated heterocycles. The Bertz CT molecular complexity index is 392. The van der Waals surface area contributed by atoms with E-state index < -0.39 is 0 Å². The standard InChI is InChI=1S/C13H20N2O2/c1-10-4-5-11(17-10)12(16)15-9-13(8-14)6-2-3-7-13/h4-5H,2-3,6-9,14H2,1H3,(H,15,16).